The predicted octanol–water partition coefficient (Wildman–Crippen LogP) is 4.81. The lowest BCUT2D eigenvalue weighted by Gasteiger charge is -2.36. The maximum absolute atomic E-state index is 13.2. The third-order valence-corrected chi connectivity index (χ3v) is 5.03. The molecule has 0 atom stereocenters. The van der Waals surface area contributed by atoms with Gasteiger partial charge in [0.05, 0.1) is 17.6 Å². The second-order valence-corrected chi connectivity index (χ2v) is 7.29. The van der Waals surface area contributed by atoms with Crippen molar-refractivity contribution in [1.29, 1.82) is 0 Å². The standard InChI is InChI=1S/C23H22FN3O3/c1-16-5-10-20(19(14-16)25-22(28)21-4-2-13-30-21)27-12-3-11-26(23(27)29)15-17-6-8-18(24)9-7-17/h2,4-10,13-14H,3,11-12,15H2,1H3,(H,25,28). The molecule has 1 aliphatic rings. The minimum Gasteiger partial charge on any atom is -0.459 e. The van der Waals surface area contributed by atoms with Crippen molar-refractivity contribution < 1.29 is 18.4 Å². The van der Waals surface area contributed by atoms with Crippen LogP contribution in [0.2, 0.25) is 0 Å². The first-order valence-corrected chi connectivity index (χ1v) is 9.77. The van der Waals surface area contributed by atoms with Crippen LogP contribution in [-0.2, 0) is 6.54 Å². The van der Waals surface area contributed by atoms with Gasteiger partial charge in [0.1, 0.15) is 5.82 Å². The van der Waals surface area contributed by atoms with E-state index in [9.17, 15) is 14.0 Å². The molecule has 0 spiro atoms. The van der Waals surface area contributed by atoms with Crippen LogP contribution in [0.25, 0.3) is 0 Å². The molecule has 2 heterocycles. The Balaban J connectivity index is 1.57. The van der Waals surface area contributed by atoms with E-state index in [0.29, 0.717) is 31.0 Å². The number of nitrogens with one attached hydrogen (secondary N) is 1. The summed E-state index contributed by atoms with van der Waals surface area (Å²) in [4.78, 5) is 29.1. The van der Waals surface area contributed by atoms with Crippen molar-refractivity contribution in [2.24, 2.45) is 0 Å². The molecule has 0 radical (unpaired) electrons. The summed E-state index contributed by atoms with van der Waals surface area (Å²) in [6.45, 7) is 3.48. The fourth-order valence-corrected chi connectivity index (χ4v) is 3.54. The van der Waals surface area contributed by atoms with E-state index in [-0.39, 0.29) is 23.5 Å². The Morgan fingerprint density at radius 3 is 2.67 bits per heavy atom. The number of carbonyl (C=O) groups is 2. The van der Waals surface area contributed by atoms with Crippen LogP contribution < -0.4 is 10.2 Å². The van der Waals surface area contributed by atoms with E-state index < -0.39 is 0 Å². The van der Waals surface area contributed by atoms with Gasteiger partial charge in [0.25, 0.3) is 5.91 Å². The van der Waals surface area contributed by atoms with Gasteiger partial charge in [-0.05, 0) is 60.9 Å². The molecule has 7 heteroatoms. The van der Waals surface area contributed by atoms with Crippen molar-refractivity contribution in [1.82, 2.24) is 4.90 Å². The molecule has 0 aliphatic carbocycles. The van der Waals surface area contributed by atoms with Gasteiger partial charge in [-0.25, -0.2) is 9.18 Å². The Kier molecular flexibility index (Phi) is 5.52. The zero-order valence-corrected chi connectivity index (χ0v) is 16.6. The van der Waals surface area contributed by atoms with E-state index in [1.807, 2.05) is 25.1 Å². The van der Waals surface area contributed by atoms with Crippen molar-refractivity contribution >= 4 is 23.3 Å². The van der Waals surface area contributed by atoms with E-state index >= 15 is 0 Å². The van der Waals surface area contributed by atoms with Gasteiger partial charge < -0.3 is 14.6 Å². The van der Waals surface area contributed by atoms with Crippen LogP contribution in [0.15, 0.2) is 65.3 Å². The van der Waals surface area contributed by atoms with Crippen LogP contribution in [-0.4, -0.2) is 29.9 Å². The first kappa shape index (κ1) is 19.7. The molecule has 1 fully saturated rings. The molecule has 4 rings (SSSR count). The maximum Gasteiger partial charge on any atom is 0.324 e. The van der Waals surface area contributed by atoms with E-state index in [2.05, 4.69) is 5.32 Å². The number of furan rings is 1. The Bertz CT molecular complexity index is 1050. The smallest absolute Gasteiger partial charge is 0.324 e. The van der Waals surface area contributed by atoms with Gasteiger partial charge in [0.2, 0.25) is 0 Å². The minimum absolute atomic E-state index is 0.150. The SMILES string of the molecule is Cc1ccc(N2CCCN(Cc3ccc(F)cc3)C2=O)c(NC(=O)c2ccco2)c1. The summed E-state index contributed by atoms with van der Waals surface area (Å²) in [5.41, 5.74) is 3.01. The highest BCUT2D eigenvalue weighted by molar-refractivity contribution is 6.06. The summed E-state index contributed by atoms with van der Waals surface area (Å²) in [5, 5.41) is 2.86. The third-order valence-electron chi connectivity index (χ3n) is 5.03. The van der Waals surface area contributed by atoms with E-state index in [1.54, 1.807) is 34.1 Å². The van der Waals surface area contributed by atoms with Crippen LogP contribution in [0, 0.1) is 12.7 Å². The van der Waals surface area contributed by atoms with Crippen LogP contribution in [0.5, 0.6) is 0 Å². The molecule has 1 saturated heterocycles. The molecule has 1 N–H and O–H groups in total. The van der Waals surface area contributed by atoms with Gasteiger partial charge in [-0.3, -0.25) is 9.69 Å². The van der Waals surface area contributed by atoms with Crippen LogP contribution in [0.1, 0.15) is 28.1 Å². The minimum atomic E-state index is -0.375. The van der Waals surface area contributed by atoms with E-state index in [4.69, 9.17) is 4.42 Å². The van der Waals surface area contributed by atoms with Gasteiger partial charge in [-0.2, -0.15) is 0 Å². The lowest BCUT2D eigenvalue weighted by atomic mass is 10.1. The topological polar surface area (TPSA) is 65.8 Å². The van der Waals surface area contributed by atoms with Gasteiger partial charge in [-0.15, -0.1) is 0 Å². The number of halogens is 1. The Hall–Kier alpha value is -3.61. The zero-order chi connectivity index (χ0) is 21.1. The van der Waals surface area contributed by atoms with Crippen molar-refractivity contribution in [3.63, 3.8) is 0 Å². The maximum atomic E-state index is 13.2. The third kappa shape index (κ3) is 4.20. The molecule has 0 saturated carbocycles. The van der Waals surface area contributed by atoms with Crippen molar-refractivity contribution in [3.05, 3.63) is 83.6 Å². The van der Waals surface area contributed by atoms with Gasteiger partial charge in [0, 0.05) is 19.6 Å². The van der Waals surface area contributed by atoms with Crippen LogP contribution in [0.3, 0.4) is 0 Å². The number of hydrogen-bond acceptors (Lipinski definition) is 3. The highest BCUT2D eigenvalue weighted by Gasteiger charge is 2.29. The van der Waals surface area contributed by atoms with Crippen molar-refractivity contribution in [2.75, 3.05) is 23.3 Å². The van der Waals surface area contributed by atoms with Gasteiger partial charge in [-0.1, -0.05) is 18.2 Å². The molecule has 154 valence electrons. The predicted molar refractivity (Wildman–Crippen MR) is 112 cm³/mol. The molecule has 1 aromatic heterocycles. The fraction of sp³-hybridized carbons (Fsp3) is 0.217. The first-order valence-electron chi connectivity index (χ1n) is 9.77. The summed E-state index contributed by atoms with van der Waals surface area (Å²) in [6.07, 6.45) is 2.22. The van der Waals surface area contributed by atoms with E-state index in [1.165, 1.54) is 18.4 Å². The summed E-state index contributed by atoms with van der Waals surface area (Å²) in [5.74, 6) is -0.480. The number of amides is 3. The lowest BCUT2D eigenvalue weighted by Crippen LogP contribution is -2.49. The number of aryl methyl sites for hydroxylation is 1. The van der Waals surface area contributed by atoms with E-state index in [0.717, 1.165) is 17.5 Å². The number of carbonyl (C=O) groups excluding carboxylic acids is 2. The van der Waals surface area contributed by atoms with Crippen molar-refractivity contribution in [3.8, 4) is 0 Å². The second-order valence-electron chi connectivity index (χ2n) is 7.29. The molecular weight excluding hydrogens is 385 g/mol. The number of nitrogens with zero attached hydrogens (tertiary/aromatic N) is 2. The van der Waals surface area contributed by atoms with Gasteiger partial charge in [0.15, 0.2) is 5.76 Å². The molecule has 1 aliphatic heterocycles. The fourth-order valence-electron chi connectivity index (χ4n) is 3.54. The summed E-state index contributed by atoms with van der Waals surface area (Å²) in [6, 6.07) is 14.8. The summed E-state index contributed by atoms with van der Waals surface area (Å²) < 4.78 is 18.3. The number of urea groups is 1. The molecule has 6 nitrogen and oxygen atoms in total. The monoisotopic (exact) mass is 407 g/mol. The average molecular weight is 407 g/mol. The summed E-state index contributed by atoms with van der Waals surface area (Å²) in [7, 11) is 0. The summed E-state index contributed by atoms with van der Waals surface area (Å²) >= 11 is 0. The number of anilines is 2. The number of rotatable bonds is 5. The molecule has 30 heavy (non-hydrogen) atoms. The molecule has 2 aromatic carbocycles. The average Bonchev–Trinajstić information content (AvgIpc) is 3.27. The largest absolute Gasteiger partial charge is 0.459 e. The van der Waals surface area contributed by atoms with Gasteiger partial charge >= 0.3 is 6.03 Å². The molecule has 3 aromatic rings. The normalized spacial score (nSPS) is 14.1. The number of benzene rings is 2. The van der Waals surface area contributed by atoms with Crippen LogP contribution in [0.4, 0.5) is 20.6 Å². The Morgan fingerprint density at radius 2 is 1.93 bits per heavy atom. The Labute approximate surface area is 173 Å². The Morgan fingerprint density at radius 1 is 1.13 bits per heavy atom. The molecule has 0 unspecified atom stereocenters. The second kappa shape index (κ2) is 8.41. The molecular formula is C23H22FN3O3. The lowest BCUT2D eigenvalue weighted by molar-refractivity contribution is 0.0996. The first-order chi connectivity index (χ1) is 14.5. The quantitative estimate of drug-likeness (QED) is 0.660. The number of hydrogen-bond donors (Lipinski definition) is 1. The van der Waals surface area contributed by atoms with Crippen LogP contribution >= 0.6 is 0 Å². The molecule has 0 bridgehead atoms. The zero-order valence-electron chi connectivity index (χ0n) is 16.6. The molecule has 3 amide bonds. The van der Waals surface area contributed by atoms with Crippen molar-refractivity contribution in [2.45, 2.75) is 19.9 Å². The highest BCUT2D eigenvalue weighted by Crippen LogP contribution is 2.31. The highest BCUT2D eigenvalue weighted by atomic mass is 19.1.